The van der Waals surface area contributed by atoms with E-state index in [2.05, 4.69) is 11.7 Å². The third kappa shape index (κ3) is 8.41. The van der Waals surface area contributed by atoms with Crippen LogP contribution in [0.15, 0.2) is 72.8 Å². The Balaban J connectivity index is 1.23. The first-order chi connectivity index (χ1) is 22.4. The molecule has 1 aliphatic rings. The standard InChI is InChI=1S/C37H32F8O2/c1-2-3-4-5-22-6-13-35(46-21-22)24-9-7-23(8-10-24)25-16-30(38)29(31(39)17-25)14-15-37(44,45)47-27-11-12-28(32(40)20-27)26-18-33(41)36(43)34(42)19-26/h7-12,14-20,22,35H,2-6,13,21H2,1H3. The molecule has 0 bridgehead atoms. The van der Waals surface area contributed by atoms with Gasteiger partial charge in [0.1, 0.15) is 23.2 Å². The molecule has 1 heterocycles. The van der Waals surface area contributed by atoms with Crippen LogP contribution in [-0.2, 0) is 4.74 Å². The van der Waals surface area contributed by atoms with Crippen LogP contribution in [0.4, 0.5) is 35.1 Å². The lowest BCUT2D eigenvalue weighted by Gasteiger charge is -2.29. The number of alkyl halides is 2. The van der Waals surface area contributed by atoms with Crippen molar-refractivity contribution in [2.75, 3.05) is 6.61 Å². The average Bonchev–Trinajstić information content (AvgIpc) is 3.03. The minimum atomic E-state index is -4.13. The van der Waals surface area contributed by atoms with E-state index in [-0.39, 0.29) is 23.3 Å². The number of ether oxygens (including phenoxy) is 2. The molecular weight excluding hydrogens is 628 g/mol. The Labute approximate surface area is 267 Å². The van der Waals surface area contributed by atoms with Crippen molar-refractivity contribution >= 4 is 6.08 Å². The third-order valence-corrected chi connectivity index (χ3v) is 8.21. The maximum atomic E-state index is 14.9. The molecule has 4 aromatic carbocycles. The van der Waals surface area contributed by atoms with Crippen LogP contribution >= 0.6 is 0 Å². The van der Waals surface area contributed by atoms with Gasteiger partial charge in [-0.3, -0.25) is 0 Å². The third-order valence-electron chi connectivity index (χ3n) is 8.21. The second kappa shape index (κ2) is 14.7. The fourth-order valence-corrected chi connectivity index (χ4v) is 5.66. The van der Waals surface area contributed by atoms with Gasteiger partial charge < -0.3 is 9.47 Å². The van der Waals surface area contributed by atoms with E-state index in [9.17, 15) is 35.1 Å². The summed E-state index contributed by atoms with van der Waals surface area (Å²) in [4.78, 5) is 0. The van der Waals surface area contributed by atoms with Crippen LogP contribution in [0.25, 0.3) is 28.3 Å². The van der Waals surface area contributed by atoms with Crippen molar-refractivity contribution in [1.82, 2.24) is 0 Å². The Morgan fingerprint density at radius 2 is 1.40 bits per heavy atom. The molecular formula is C37H32F8O2. The summed E-state index contributed by atoms with van der Waals surface area (Å²) >= 11 is 0. The zero-order valence-corrected chi connectivity index (χ0v) is 25.5. The van der Waals surface area contributed by atoms with E-state index in [0.717, 1.165) is 49.1 Å². The van der Waals surface area contributed by atoms with Crippen LogP contribution < -0.4 is 4.74 Å². The van der Waals surface area contributed by atoms with Gasteiger partial charge in [-0.1, -0.05) is 50.5 Å². The van der Waals surface area contributed by atoms with Crippen molar-refractivity contribution in [3.05, 3.63) is 119 Å². The first-order valence-electron chi connectivity index (χ1n) is 15.4. The minimum absolute atomic E-state index is 0.0465. The number of hydrogen-bond acceptors (Lipinski definition) is 2. The largest absolute Gasteiger partial charge is 0.429 e. The van der Waals surface area contributed by atoms with Gasteiger partial charge in [-0.2, -0.15) is 8.78 Å². The van der Waals surface area contributed by atoms with Crippen molar-refractivity contribution in [2.45, 2.75) is 57.7 Å². The van der Waals surface area contributed by atoms with Crippen LogP contribution in [-0.4, -0.2) is 12.7 Å². The highest BCUT2D eigenvalue weighted by molar-refractivity contribution is 5.67. The number of hydrogen-bond donors (Lipinski definition) is 0. The summed E-state index contributed by atoms with van der Waals surface area (Å²) in [6.07, 6.45) is 3.19. The highest BCUT2D eigenvalue weighted by atomic mass is 19.3. The average molecular weight is 661 g/mol. The maximum Gasteiger partial charge on any atom is 0.419 e. The minimum Gasteiger partial charge on any atom is -0.429 e. The van der Waals surface area contributed by atoms with E-state index in [0.29, 0.717) is 42.4 Å². The van der Waals surface area contributed by atoms with E-state index in [1.807, 2.05) is 12.1 Å². The zero-order chi connectivity index (χ0) is 33.7. The van der Waals surface area contributed by atoms with E-state index in [1.165, 1.54) is 19.3 Å². The van der Waals surface area contributed by atoms with Crippen LogP contribution in [0, 0.1) is 40.8 Å². The summed E-state index contributed by atoms with van der Waals surface area (Å²) in [5.41, 5.74) is 0.202. The molecule has 1 saturated heterocycles. The molecule has 0 radical (unpaired) electrons. The van der Waals surface area contributed by atoms with Gasteiger partial charge in [0, 0.05) is 23.3 Å². The molecule has 1 aliphatic heterocycles. The number of rotatable bonds is 11. The van der Waals surface area contributed by atoms with Gasteiger partial charge in [-0.25, -0.2) is 26.3 Å². The molecule has 1 fully saturated rings. The van der Waals surface area contributed by atoms with E-state index in [1.54, 1.807) is 12.1 Å². The smallest absolute Gasteiger partial charge is 0.419 e. The maximum absolute atomic E-state index is 14.9. The van der Waals surface area contributed by atoms with Gasteiger partial charge >= 0.3 is 6.11 Å². The number of benzene rings is 4. The van der Waals surface area contributed by atoms with Crippen molar-refractivity contribution in [3.63, 3.8) is 0 Å². The topological polar surface area (TPSA) is 18.5 Å². The van der Waals surface area contributed by atoms with Gasteiger partial charge in [-0.15, -0.1) is 0 Å². The van der Waals surface area contributed by atoms with Crippen LogP contribution in [0.3, 0.4) is 0 Å². The molecule has 0 aromatic heterocycles. The van der Waals surface area contributed by atoms with E-state index >= 15 is 0 Å². The second-order valence-electron chi connectivity index (χ2n) is 11.6. The van der Waals surface area contributed by atoms with Gasteiger partial charge in [0.15, 0.2) is 17.5 Å². The molecule has 2 atom stereocenters. The summed E-state index contributed by atoms with van der Waals surface area (Å²) in [5.74, 6) is -8.35. The molecule has 4 aromatic rings. The molecule has 5 rings (SSSR count). The molecule has 248 valence electrons. The lowest BCUT2D eigenvalue weighted by molar-refractivity contribution is -0.131. The Bertz CT molecular complexity index is 1680. The zero-order valence-electron chi connectivity index (χ0n) is 25.5. The molecule has 2 nitrogen and oxygen atoms in total. The van der Waals surface area contributed by atoms with Crippen LogP contribution in [0.2, 0.25) is 0 Å². The fraction of sp³-hybridized carbons (Fsp3) is 0.297. The van der Waals surface area contributed by atoms with Crippen molar-refractivity contribution in [3.8, 4) is 28.0 Å². The van der Waals surface area contributed by atoms with Gasteiger partial charge in [0.25, 0.3) is 0 Å². The molecule has 0 spiro atoms. The highest BCUT2D eigenvalue weighted by Crippen LogP contribution is 2.35. The van der Waals surface area contributed by atoms with Gasteiger partial charge in [-0.05, 0) is 89.9 Å². The molecule has 2 unspecified atom stereocenters. The molecule has 0 amide bonds. The summed E-state index contributed by atoms with van der Waals surface area (Å²) < 4.78 is 125. The molecule has 0 saturated carbocycles. The normalized spacial score (nSPS) is 17.0. The highest BCUT2D eigenvalue weighted by Gasteiger charge is 2.29. The summed E-state index contributed by atoms with van der Waals surface area (Å²) in [6.45, 7) is 2.88. The van der Waals surface area contributed by atoms with E-state index < -0.39 is 57.9 Å². The summed E-state index contributed by atoms with van der Waals surface area (Å²) in [7, 11) is 0. The molecule has 0 aliphatic carbocycles. The lowest BCUT2D eigenvalue weighted by atomic mass is 9.90. The van der Waals surface area contributed by atoms with Gasteiger partial charge in [0.2, 0.25) is 0 Å². The SMILES string of the molecule is CCCCCC1CCC(c2ccc(-c3cc(F)c(C=CC(F)(F)Oc4ccc(-c5cc(F)c(F)c(F)c5)c(F)c4)c(F)c3)cc2)OC1. The number of halogens is 8. The Hall–Kier alpha value is -4.18. The lowest BCUT2D eigenvalue weighted by Crippen LogP contribution is -2.21. The predicted molar refractivity (Wildman–Crippen MR) is 164 cm³/mol. The van der Waals surface area contributed by atoms with Gasteiger partial charge in [0.05, 0.1) is 12.7 Å². The summed E-state index contributed by atoms with van der Waals surface area (Å²) in [6, 6.07) is 12.7. The van der Waals surface area contributed by atoms with E-state index in [4.69, 9.17) is 4.74 Å². The summed E-state index contributed by atoms with van der Waals surface area (Å²) in [5, 5.41) is 0. The van der Waals surface area contributed by atoms with Crippen molar-refractivity contribution in [2.24, 2.45) is 5.92 Å². The first kappa shape index (κ1) is 34.2. The molecule has 0 N–H and O–H groups in total. The quantitative estimate of drug-likeness (QED) is 0.0906. The second-order valence-corrected chi connectivity index (χ2v) is 11.6. The Morgan fingerprint density at radius 3 is 2.00 bits per heavy atom. The van der Waals surface area contributed by atoms with Crippen LogP contribution in [0.5, 0.6) is 5.75 Å². The van der Waals surface area contributed by atoms with Crippen molar-refractivity contribution in [1.29, 1.82) is 0 Å². The van der Waals surface area contributed by atoms with Crippen molar-refractivity contribution < 1.29 is 44.6 Å². The Morgan fingerprint density at radius 1 is 0.745 bits per heavy atom. The predicted octanol–water partition coefficient (Wildman–Crippen LogP) is 11.6. The Kier molecular flexibility index (Phi) is 10.7. The fourth-order valence-electron chi connectivity index (χ4n) is 5.66. The monoisotopic (exact) mass is 660 g/mol. The number of unbranched alkanes of at least 4 members (excludes halogenated alkanes) is 2. The first-order valence-corrected chi connectivity index (χ1v) is 15.4. The molecule has 47 heavy (non-hydrogen) atoms. The molecule has 10 heteroatoms. The van der Waals surface area contributed by atoms with Crippen LogP contribution in [0.1, 0.15) is 62.7 Å².